The number of rotatable bonds is 8. The lowest BCUT2D eigenvalue weighted by atomic mass is 9.98. The Balaban J connectivity index is 1.60. The van der Waals surface area contributed by atoms with E-state index in [2.05, 4.69) is 34.4 Å². The topological polar surface area (TPSA) is 86.9 Å². The van der Waals surface area contributed by atoms with Crippen LogP contribution in [-0.4, -0.2) is 28.3 Å². The molecule has 2 unspecified atom stereocenters. The van der Waals surface area contributed by atoms with Gasteiger partial charge in [-0.15, -0.1) is 11.3 Å². The molecule has 3 N–H and O–H groups in total. The molecule has 0 saturated heterocycles. The number of carbonyl (C=O) groups excluding carboxylic acids is 2. The molecule has 0 spiro atoms. The lowest BCUT2D eigenvalue weighted by molar-refractivity contribution is -0.122. The summed E-state index contributed by atoms with van der Waals surface area (Å²) in [5.74, 6) is 0.748. The molecule has 6 nitrogen and oxygen atoms in total. The first-order chi connectivity index (χ1) is 13.1. The van der Waals surface area contributed by atoms with Crippen LogP contribution >= 0.6 is 11.3 Å². The number of imidazole rings is 1. The SMILES string of the molecule is CCC(C)C(NC(=O)CCNC(=O)c1cccs1)c1nc2ccccc2[nH]1. The van der Waals surface area contributed by atoms with E-state index in [1.54, 1.807) is 6.07 Å². The average molecular weight is 385 g/mol. The van der Waals surface area contributed by atoms with Gasteiger partial charge in [-0.1, -0.05) is 38.5 Å². The minimum absolute atomic E-state index is 0.104. The molecule has 0 aliphatic heterocycles. The molecule has 0 aliphatic rings. The molecular formula is C20H24N4O2S. The molecule has 0 saturated carbocycles. The van der Waals surface area contributed by atoms with Crippen molar-refractivity contribution in [2.75, 3.05) is 6.54 Å². The number of hydrogen-bond acceptors (Lipinski definition) is 4. The van der Waals surface area contributed by atoms with Crippen LogP contribution < -0.4 is 10.6 Å². The highest BCUT2D eigenvalue weighted by Crippen LogP contribution is 2.24. The number of nitrogens with one attached hydrogen (secondary N) is 3. The molecule has 0 fully saturated rings. The molecule has 0 aliphatic carbocycles. The Hall–Kier alpha value is -2.67. The fourth-order valence-electron chi connectivity index (χ4n) is 2.87. The molecule has 7 heteroatoms. The van der Waals surface area contributed by atoms with Gasteiger partial charge in [-0.2, -0.15) is 0 Å². The molecule has 1 aromatic carbocycles. The molecule has 2 amide bonds. The van der Waals surface area contributed by atoms with Crippen LogP contribution in [0.3, 0.4) is 0 Å². The van der Waals surface area contributed by atoms with Crippen molar-refractivity contribution in [3.8, 4) is 0 Å². The molecule has 27 heavy (non-hydrogen) atoms. The van der Waals surface area contributed by atoms with Gasteiger partial charge in [-0.05, 0) is 29.5 Å². The number of aromatic amines is 1. The fourth-order valence-corrected chi connectivity index (χ4v) is 3.51. The largest absolute Gasteiger partial charge is 0.351 e. The number of nitrogens with zero attached hydrogens (tertiary/aromatic N) is 1. The van der Waals surface area contributed by atoms with Gasteiger partial charge in [0.1, 0.15) is 5.82 Å². The second-order valence-electron chi connectivity index (χ2n) is 6.55. The Morgan fingerprint density at radius 2 is 2.04 bits per heavy atom. The van der Waals surface area contributed by atoms with Crippen LogP contribution in [0.5, 0.6) is 0 Å². The maximum Gasteiger partial charge on any atom is 0.261 e. The number of hydrogen-bond donors (Lipinski definition) is 3. The number of thiophene rings is 1. The van der Waals surface area contributed by atoms with Gasteiger partial charge in [0.15, 0.2) is 0 Å². The monoisotopic (exact) mass is 384 g/mol. The van der Waals surface area contributed by atoms with Gasteiger partial charge in [-0.3, -0.25) is 9.59 Å². The van der Waals surface area contributed by atoms with Crippen molar-refractivity contribution in [1.82, 2.24) is 20.6 Å². The van der Waals surface area contributed by atoms with Crippen molar-refractivity contribution in [2.45, 2.75) is 32.7 Å². The van der Waals surface area contributed by atoms with Crippen LogP contribution in [0.4, 0.5) is 0 Å². The first kappa shape index (κ1) is 19.1. The van der Waals surface area contributed by atoms with Crippen LogP contribution in [0.2, 0.25) is 0 Å². The Kier molecular flexibility index (Phi) is 6.24. The van der Waals surface area contributed by atoms with Gasteiger partial charge in [-0.25, -0.2) is 4.98 Å². The van der Waals surface area contributed by atoms with E-state index in [0.717, 1.165) is 23.3 Å². The van der Waals surface area contributed by atoms with Gasteiger partial charge in [0.05, 0.1) is 22.0 Å². The molecule has 2 atom stereocenters. The first-order valence-electron chi connectivity index (χ1n) is 9.14. The number of H-pyrrole nitrogens is 1. The molecule has 142 valence electrons. The van der Waals surface area contributed by atoms with E-state index >= 15 is 0 Å². The number of amides is 2. The molecule has 2 aromatic heterocycles. The number of aromatic nitrogens is 2. The third-order valence-corrected chi connectivity index (χ3v) is 5.48. The van der Waals surface area contributed by atoms with E-state index in [-0.39, 0.29) is 30.2 Å². The standard InChI is InChI=1S/C20H24N4O2S/c1-3-13(2)18(19-22-14-7-4-5-8-15(14)23-19)24-17(25)10-11-21-20(26)16-9-6-12-27-16/h4-9,12-13,18H,3,10-11H2,1-2H3,(H,21,26)(H,22,23)(H,24,25). The summed E-state index contributed by atoms with van der Waals surface area (Å²) in [7, 11) is 0. The average Bonchev–Trinajstić information content (AvgIpc) is 3.34. The zero-order valence-corrected chi connectivity index (χ0v) is 16.3. The minimum atomic E-state index is -0.192. The van der Waals surface area contributed by atoms with Crippen molar-refractivity contribution in [1.29, 1.82) is 0 Å². The van der Waals surface area contributed by atoms with E-state index in [1.165, 1.54) is 11.3 Å². The third-order valence-electron chi connectivity index (χ3n) is 4.61. The summed E-state index contributed by atoms with van der Waals surface area (Å²) in [6.45, 7) is 4.49. The summed E-state index contributed by atoms with van der Waals surface area (Å²) in [6, 6.07) is 11.2. The highest BCUT2D eigenvalue weighted by atomic mass is 32.1. The lowest BCUT2D eigenvalue weighted by Gasteiger charge is -2.22. The molecular weight excluding hydrogens is 360 g/mol. The second kappa shape index (κ2) is 8.81. The van der Waals surface area contributed by atoms with Crippen LogP contribution in [0, 0.1) is 5.92 Å². The van der Waals surface area contributed by atoms with Gasteiger partial charge >= 0.3 is 0 Å². The Bertz CT molecular complexity index is 871. The van der Waals surface area contributed by atoms with E-state index in [4.69, 9.17) is 0 Å². The normalized spacial score (nSPS) is 13.3. The lowest BCUT2D eigenvalue weighted by Crippen LogP contribution is -2.35. The van der Waals surface area contributed by atoms with Crippen LogP contribution in [0.15, 0.2) is 41.8 Å². The quantitative estimate of drug-likeness (QED) is 0.554. The van der Waals surface area contributed by atoms with E-state index in [0.29, 0.717) is 11.4 Å². The summed E-state index contributed by atoms with van der Waals surface area (Å²) in [6.07, 6.45) is 1.14. The Morgan fingerprint density at radius 3 is 2.74 bits per heavy atom. The number of para-hydroxylation sites is 2. The predicted molar refractivity (Wildman–Crippen MR) is 108 cm³/mol. The summed E-state index contributed by atoms with van der Waals surface area (Å²) < 4.78 is 0. The van der Waals surface area contributed by atoms with Crippen molar-refractivity contribution < 1.29 is 9.59 Å². The molecule has 2 heterocycles. The van der Waals surface area contributed by atoms with E-state index in [1.807, 2.05) is 35.7 Å². The van der Waals surface area contributed by atoms with Crippen LogP contribution in [-0.2, 0) is 4.79 Å². The summed E-state index contributed by atoms with van der Waals surface area (Å²) in [5, 5.41) is 7.71. The summed E-state index contributed by atoms with van der Waals surface area (Å²) in [4.78, 5) is 33.0. The summed E-state index contributed by atoms with van der Waals surface area (Å²) >= 11 is 1.38. The zero-order valence-electron chi connectivity index (χ0n) is 15.5. The molecule has 3 aromatic rings. The van der Waals surface area contributed by atoms with E-state index in [9.17, 15) is 9.59 Å². The highest BCUT2D eigenvalue weighted by molar-refractivity contribution is 7.12. The van der Waals surface area contributed by atoms with Crippen molar-refractivity contribution in [2.24, 2.45) is 5.92 Å². The molecule has 0 radical (unpaired) electrons. The van der Waals surface area contributed by atoms with E-state index < -0.39 is 0 Å². The van der Waals surface area contributed by atoms with Gasteiger partial charge in [0, 0.05) is 13.0 Å². The maximum atomic E-state index is 12.4. The highest BCUT2D eigenvalue weighted by Gasteiger charge is 2.23. The van der Waals surface area contributed by atoms with Gasteiger partial charge < -0.3 is 15.6 Å². The Morgan fingerprint density at radius 1 is 1.22 bits per heavy atom. The number of benzene rings is 1. The van der Waals surface area contributed by atoms with Crippen molar-refractivity contribution in [3.05, 3.63) is 52.5 Å². The maximum absolute atomic E-state index is 12.4. The number of carbonyl (C=O) groups is 2. The van der Waals surface area contributed by atoms with Crippen LogP contribution in [0.25, 0.3) is 11.0 Å². The van der Waals surface area contributed by atoms with Crippen LogP contribution in [0.1, 0.15) is 48.2 Å². The predicted octanol–water partition coefficient (Wildman–Crippen LogP) is 3.65. The Labute approximate surface area is 162 Å². The third kappa shape index (κ3) is 4.74. The van der Waals surface area contributed by atoms with Gasteiger partial charge in [0.25, 0.3) is 5.91 Å². The van der Waals surface area contributed by atoms with Gasteiger partial charge in [0.2, 0.25) is 5.91 Å². The smallest absolute Gasteiger partial charge is 0.261 e. The first-order valence-corrected chi connectivity index (χ1v) is 10.0. The zero-order chi connectivity index (χ0) is 19.2. The minimum Gasteiger partial charge on any atom is -0.351 e. The fraction of sp³-hybridized carbons (Fsp3) is 0.350. The number of fused-ring (bicyclic) bond motifs is 1. The molecule has 0 bridgehead atoms. The summed E-state index contributed by atoms with van der Waals surface area (Å²) in [5.41, 5.74) is 1.84. The second-order valence-corrected chi connectivity index (χ2v) is 7.50. The van der Waals surface area contributed by atoms with Crippen molar-refractivity contribution in [3.63, 3.8) is 0 Å². The van der Waals surface area contributed by atoms with Crippen molar-refractivity contribution >= 4 is 34.2 Å². The molecule has 3 rings (SSSR count).